The fraction of sp³-hybridized carbons (Fsp3) is 0.364. The average Bonchev–Trinajstić information content (AvgIpc) is 2.37. The molecule has 1 aromatic carbocycles. The van der Waals surface area contributed by atoms with Crippen LogP contribution in [0.3, 0.4) is 0 Å². The van der Waals surface area contributed by atoms with E-state index in [1.807, 2.05) is 6.92 Å². The van der Waals surface area contributed by atoms with E-state index in [0.29, 0.717) is 10.5 Å². The van der Waals surface area contributed by atoms with Crippen LogP contribution in [0.2, 0.25) is 0 Å². The van der Waals surface area contributed by atoms with E-state index in [1.54, 1.807) is 18.2 Å². The van der Waals surface area contributed by atoms with Crippen molar-refractivity contribution in [1.82, 2.24) is 0 Å². The van der Waals surface area contributed by atoms with Crippen LogP contribution in [0.1, 0.15) is 23.5 Å². The van der Waals surface area contributed by atoms with Gasteiger partial charge in [-0.3, -0.25) is 4.79 Å². The third kappa shape index (κ3) is 1.82. The van der Waals surface area contributed by atoms with E-state index < -0.39 is 21.7 Å². The number of carboxylic acid groups (broad SMARTS) is 1. The molecule has 16 heavy (non-hydrogen) atoms. The normalized spacial score (nSPS) is 21.7. The van der Waals surface area contributed by atoms with E-state index in [1.165, 1.54) is 0 Å². The maximum Gasteiger partial charge on any atom is 0.303 e. The minimum absolute atomic E-state index is 0.0852. The fourth-order valence-electron chi connectivity index (χ4n) is 2.09. The van der Waals surface area contributed by atoms with Crippen molar-refractivity contribution in [2.45, 2.75) is 24.2 Å². The number of rotatable bonds is 2. The van der Waals surface area contributed by atoms with Crippen LogP contribution in [-0.4, -0.2) is 25.2 Å². The van der Waals surface area contributed by atoms with Gasteiger partial charge < -0.3 is 5.11 Å². The van der Waals surface area contributed by atoms with Crippen molar-refractivity contribution in [3.63, 3.8) is 0 Å². The summed E-state index contributed by atoms with van der Waals surface area (Å²) in [5.74, 6) is -1.45. The van der Waals surface area contributed by atoms with Gasteiger partial charge in [0, 0.05) is 5.92 Å². The maximum atomic E-state index is 11.8. The Morgan fingerprint density at radius 1 is 1.50 bits per heavy atom. The number of aryl methyl sites for hydroxylation is 1. The molecule has 5 heteroatoms. The fourth-order valence-corrected chi connectivity index (χ4v) is 3.96. The van der Waals surface area contributed by atoms with E-state index in [9.17, 15) is 13.2 Å². The molecule has 0 aliphatic carbocycles. The van der Waals surface area contributed by atoms with Crippen molar-refractivity contribution >= 4 is 15.8 Å². The molecule has 2 rings (SSSR count). The molecule has 1 N–H and O–H groups in total. The number of benzene rings is 1. The van der Waals surface area contributed by atoms with Crippen LogP contribution in [0.25, 0.3) is 0 Å². The molecule has 1 unspecified atom stereocenters. The number of sulfone groups is 1. The van der Waals surface area contributed by atoms with Crippen molar-refractivity contribution in [2.24, 2.45) is 0 Å². The highest BCUT2D eigenvalue weighted by molar-refractivity contribution is 7.91. The Labute approximate surface area is 93.8 Å². The zero-order chi connectivity index (χ0) is 11.9. The lowest BCUT2D eigenvalue weighted by molar-refractivity contribution is -0.137. The van der Waals surface area contributed by atoms with Gasteiger partial charge in [0.1, 0.15) is 0 Å². The minimum atomic E-state index is -3.28. The first-order chi connectivity index (χ1) is 7.40. The lowest BCUT2D eigenvalue weighted by Crippen LogP contribution is -2.08. The van der Waals surface area contributed by atoms with Gasteiger partial charge in [-0.15, -0.1) is 0 Å². The second kappa shape index (κ2) is 3.59. The van der Waals surface area contributed by atoms with Crippen LogP contribution in [0.15, 0.2) is 23.1 Å². The molecular weight excluding hydrogens is 228 g/mol. The average molecular weight is 240 g/mol. The van der Waals surface area contributed by atoms with E-state index in [4.69, 9.17) is 5.11 Å². The Hall–Kier alpha value is -1.36. The van der Waals surface area contributed by atoms with Gasteiger partial charge in [0.25, 0.3) is 0 Å². The number of hydrogen-bond acceptors (Lipinski definition) is 3. The Kier molecular flexibility index (Phi) is 2.50. The highest BCUT2D eigenvalue weighted by Gasteiger charge is 2.35. The summed E-state index contributed by atoms with van der Waals surface area (Å²) in [4.78, 5) is 11.0. The Morgan fingerprint density at radius 2 is 2.19 bits per heavy atom. The third-order valence-corrected chi connectivity index (χ3v) is 4.66. The molecule has 0 amide bonds. The quantitative estimate of drug-likeness (QED) is 0.846. The molecule has 1 atom stereocenters. The molecule has 0 fully saturated rings. The lowest BCUT2D eigenvalue weighted by Gasteiger charge is -2.06. The van der Waals surface area contributed by atoms with Gasteiger partial charge >= 0.3 is 5.97 Å². The molecular formula is C11H12O4S. The SMILES string of the molecule is Cc1ccc2c(c1)C(CC(=O)O)CS2(=O)=O. The van der Waals surface area contributed by atoms with Gasteiger partial charge in [0.15, 0.2) is 9.84 Å². The van der Waals surface area contributed by atoms with Crippen molar-refractivity contribution in [3.05, 3.63) is 29.3 Å². The van der Waals surface area contributed by atoms with Crippen LogP contribution in [0.4, 0.5) is 0 Å². The molecule has 0 spiro atoms. The van der Waals surface area contributed by atoms with Gasteiger partial charge in [-0.25, -0.2) is 8.42 Å². The zero-order valence-corrected chi connectivity index (χ0v) is 9.62. The summed E-state index contributed by atoms with van der Waals surface area (Å²) < 4.78 is 23.5. The highest BCUT2D eigenvalue weighted by Crippen LogP contribution is 2.37. The summed E-state index contributed by atoms with van der Waals surface area (Å²) in [7, 11) is -3.28. The Bertz CT molecular complexity index is 545. The number of aliphatic carboxylic acids is 1. The molecule has 1 heterocycles. The van der Waals surface area contributed by atoms with Crippen LogP contribution >= 0.6 is 0 Å². The minimum Gasteiger partial charge on any atom is -0.481 e. The van der Waals surface area contributed by atoms with E-state index in [2.05, 4.69) is 0 Å². The number of hydrogen-bond donors (Lipinski definition) is 1. The summed E-state index contributed by atoms with van der Waals surface area (Å²) in [6.07, 6.45) is -0.129. The molecule has 0 saturated carbocycles. The summed E-state index contributed by atoms with van der Waals surface area (Å²) in [6.45, 7) is 1.86. The first-order valence-corrected chi connectivity index (χ1v) is 6.60. The Balaban J connectivity index is 2.52. The summed E-state index contributed by atoms with van der Waals surface area (Å²) in [6, 6.07) is 5.08. The first kappa shape index (κ1) is 11.1. The highest BCUT2D eigenvalue weighted by atomic mass is 32.2. The monoisotopic (exact) mass is 240 g/mol. The van der Waals surface area contributed by atoms with Gasteiger partial charge in [-0.2, -0.15) is 0 Å². The first-order valence-electron chi connectivity index (χ1n) is 4.95. The molecule has 4 nitrogen and oxygen atoms in total. The van der Waals surface area contributed by atoms with E-state index in [-0.39, 0.29) is 12.2 Å². The molecule has 1 aromatic rings. The second-order valence-electron chi connectivity index (χ2n) is 4.12. The van der Waals surface area contributed by atoms with Crippen molar-refractivity contribution in [2.75, 3.05) is 5.75 Å². The molecule has 0 bridgehead atoms. The zero-order valence-electron chi connectivity index (χ0n) is 8.80. The van der Waals surface area contributed by atoms with Crippen molar-refractivity contribution in [3.8, 4) is 0 Å². The summed E-state index contributed by atoms with van der Waals surface area (Å²) in [5.41, 5.74) is 1.61. The van der Waals surface area contributed by atoms with E-state index >= 15 is 0 Å². The largest absolute Gasteiger partial charge is 0.481 e. The standard InChI is InChI=1S/C11H12O4S/c1-7-2-3-10-9(4-7)8(5-11(12)13)6-16(10,14)15/h2-4,8H,5-6H2,1H3,(H,12,13). The number of carboxylic acids is 1. The molecule has 0 aromatic heterocycles. The third-order valence-electron chi connectivity index (χ3n) is 2.78. The lowest BCUT2D eigenvalue weighted by atomic mass is 9.97. The van der Waals surface area contributed by atoms with Crippen LogP contribution < -0.4 is 0 Å². The molecule has 0 radical (unpaired) electrons. The predicted molar refractivity (Wildman–Crippen MR) is 58.2 cm³/mol. The number of fused-ring (bicyclic) bond motifs is 1. The smallest absolute Gasteiger partial charge is 0.303 e. The topological polar surface area (TPSA) is 71.4 Å². The van der Waals surface area contributed by atoms with E-state index in [0.717, 1.165) is 5.56 Å². The molecule has 1 aliphatic heterocycles. The van der Waals surface area contributed by atoms with Gasteiger partial charge in [-0.05, 0) is 18.6 Å². The molecule has 0 saturated heterocycles. The second-order valence-corrected chi connectivity index (χ2v) is 6.12. The molecule has 86 valence electrons. The van der Waals surface area contributed by atoms with Crippen molar-refractivity contribution in [1.29, 1.82) is 0 Å². The maximum absolute atomic E-state index is 11.8. The summed E-state index contributed by atoms with van der Waals surface area (Å²) >= 11 is 0. The van der Waals surface area contributed by atoms with Gasteiger partial charge in [0.05, 0.1) is 17.1 Å². The van der Waals surface area contributed by atoms with Crippen LogP contribution in [0, 0.1) is 6.92 Å². The Morgan fingerprint density at radius 3 is 2.81 bits per heavy atom. The predicted octanol–water partition coefficient (Wildman–Crippen LogP) is 1.34. The van der Waals surface area contributed by atoms with Crippen molar-refractivity contribution < 1.29 is 18.3 Å². The number of carbonyl (C=O) groups is 1. The molecule has 1 aliphatic rings. The van der Waals surface area contributed by atoms with Crippen LogP contribution in [-0.2, 0) is 14.6 Å². The summed E-state index contributed by atoms with van der Waals surface area (Å²) in [5, 5.41) is 8.74. The van der Waals surface area contributed by atoms with Gasteiger partial charge in [0.2, 0.25) is 0 Å². The van der Waals surface area contributed by atoms with Gasteiger partial charge in [-0.1, -0.05) is 17.7 Å². The van der Waals surface area contributed by atoms with Crippen LogP contribution in [0.5, 0.6) is 0 Å².